The van der Waals surface area contributed by atoms with E-state index in [4.69, 9.17) is 0 Å². The van der Waals surface area contributed by atoms with Gasteiger partial charge in [-0.3, -0.25) is 9.69 Å². The summed E-state index contributed by atoms with van der Waals surface area (Å²) < 4.78 is 1.16. The van der Waals surface area contributed by atoms with Crippen molar-refractivity contribution in [3.63, 3.8) is 0 Å². The number of halogens is 1. The minimum absolute atomic E-state index is 0.292. The predicted octanol–water partition coefficient (Wildman–Crippen LogP) is 2.99. The number of carboxylic acids is 1. The van der Waals surface area contributed by atoms with Gasteiger partial charge in [-0.25, -0.2) is 0 Å². The van der Waals surface area contributed by atoms with Crippen LogP contribution in [0.3, 0.4) is 0 Å². The van der Waals surface area contributed by atoms with E-state index in [0.717, 1.165) is 36.7 Å². The van der Waals surface area contributed by atoms with Crippen LogP contribution in [0.2, 0.25) is 0 Å². The van der Waals surface area contributed by atoms with E-state index in [1.54, 1.807) is 0 Å². The third kappa shape index (κ3) is 1.88. The van der Waals surface area contributed by atoms with Crippen LogP contribution in [0.15, 0.2) is 22.7 Å². The molecule has 1 N–H and O–H groups in total. The van der Waals surface area contributed by atoms with Gasteiger partial charge in [0.2, 0.25) is 0 Å². The summed E-state index contributed by atoms with van der Waals surface area (Å²) in [6.07, 6.45) is 3.87. The molecule has 0 saturated carbocycles. The molecule has 2 unspecified atom stereocenters. The summed E-state index contributed by atoms with van der Waals surface area (Å²) in [7, 11) is 0. The summed E-state index contributed by atoms with van der Waals surface area (Å²) in [5.74, 6) is -0.670. The zero-order valence-corrected chi connectivity index (χ0v) is 11.7. The third-order valence-corrected chi connectivity index (χ3v) is 4.90. The Morgan fingerprint density at radius 1 is 1.39 bits per heavy atom. The first-order chi connectivity index (χ1) is 8.68. The molecule has 3 rings (SSSR count). The summed E-state index contributed by atoms with van der Waals surface area (Å²) in [5.41, 5.74) is 2.68. The monoisotopic (exact) mass is 309 g/mol. The fourth-order valence-corrected chi connectivity index (χ4v) is 3.94. The van der Waals surface area contributed by atoms with E-state index in [1.165, 1.54) is 11.1 Å². The highest BCUT2D eigenvalue weighted by molar-refractivity contribution is 9.10. The fourth-order valence-electron chi connectivity index (χ4n) is 3.36. The van der Waals surface area contributed by atoms with Crippen molar-refractivity contribution in [1.29, 1.82) is 0 Å². The SMILES string of the molecule is O=C(O)C1CCCN1C1CCc2c(Br)cccc21. The van der Waals surface area contributed by atoms with E-state index >= 15 is 0 Å². The Kier molecular flexibility index (Phi) is 3.16. The summed E-state index contributed by atoms with van der Waals surface area (Å²) >= 11 is 3.59. The lowest BCUT2D eigenvalue weighted by atomic mass is 10.1. The lowest BCUT2D eigenvalue weighted by molar-refractivity contribution is -0.143. The molecule has 1 fully saturated rings. The Hall–Kier alpha value is -0.870. The number of fused-ring (bicyclic) bond motifs is 1. The number of hydrogen-bond donors (Lipinski definition) is 1. The number of aliphatic carboxylic acids is 1. The van der Waals surface area contributed by atoms with Gasteiger partial charge in [-0.15, -0.1) is 0 Å². The van der Waals surface area contributed by atoms with E-state index in [2.05, 4.69) is 33.0 Å². The van der Waals surface area contributed by atoms with Gasteiger partial charge in [0.1, 0.15) is 6.04 Å². The smallest absolute Gasteiger partial charge is 0.320 e. The molecule has 2 atom stereocenters. The van der Waals surface area contributed by atoms with Gasteiger partial charge >= 0.3 is 5.97 Å². The Bertz CT molecular complexity index is 489. The molecular formula is C14H16BrNO2. The predicted molar refractivity (Wildman–Crippen MR) is 72.6 cm³/mol. The lowest BCUT2D eigenvalue weighted by Crippen LogP contribution is -2.38. The number of likely N-dealkylation sites (tertiary alicyclic amines) is 1. The molecule has 1 heterocycles. The average molecular weight is 310 g/mol. The summed E-state index contributed by atoms with van der Waals surface area (Å²) in [6, 6.07) is 6.27. The van der Waals surface area contributed by atoms with Crippen molar-refractivity contribution in [3.8, 4) is 0 Å². The van der Waals surface area contributed by atoms with Crippen LogP contribution in [-0.4, -0.2) is 28.6 Å². The average Bonchev–Trinajstić information content (AvgIpc) is 2.94. The Labute approximate surface area is 115 Å². The van der Waals surface area contributed by atoms with Crippen LogP contribution in [0.5, 0.6) is 0 Å². The molecule has 0 bridgehead atoms. The van der Waals surface area contributed by atoms with E-state index in [0.29, 0.717) is 6.04 Å². The van der Waals surface area contributed by atoms with Crippen molar-refractivity contribution in [1.82, 2.24) is 4.90 Å². The molecule has 0 spiro atoms. The second-order valence-electron chi connectivity index (χ2n) is 5.10. The van der Waals surface area contributed by atoms with Crippen LogP contribution in [0.25, 0.3) is 0 Å². The summed E-state index contributed by atoms with van der Waals surface area (Å²) in [4.78, 5) is 13.5. The summed E-state index contributed by atoms with van der Waals surface area (Å²) in [6.45, 7) is 0.910. The molecule has 18 heavy (non-hydrogen) atoms. The highest BCUT2D eigenvalue weighted by Gasteiger charge is 2.38. The number of carboxylic acid groups (broad SMARTS) is 1. The van der Waals surface area contributed by atoms with Crippen LogP contribution >= 0.6 is 15.9 Å². The molecule has 1 aliphatic heterocycles. The first kappa shape index (κ1) is 12.2. The summed E-state index contributed by atoms with van der Waals surface area (Å²) in [5, 5.41) is 9.30. The molecular weight excluding hydrogens is 294 g/mol. The quantitative estimate of drug-likeness (QED) is 0.913. The first-order valence-corrected chi connectivity index (χ1v) is 7.23. The zero-order chi connectivity index (χ0) is 12.7. The number of carbonyl (C=O) groups is 1. The van der Waals surface area contributed by atoms with Gasteiger partial charge in [-0.1, -0.05) is 28.1 Å². The van der Waals surface area contributed by atoms with Crippen molar-refractivity contribution >= 4 is 21.9 Å². The fraction of sp³-hybridized carbons (Fsp3) is 0.500. The van der Waals surface area contributed by atoms with Gasteiger partial charge in [-0.2, -0.15) is 0 Å². The van der Waals surface area contributed by atoms with Gasteiger partial charge in [0.15, 0.2) is 0 Å². The van der Waals surface area contributed by atoms with Gasteiger partial charge in [0.05, 0.1) is 0 Å². The molecule has 1 aromatic rings. The lowest BCUT2D eigenvalue weighted by Gasteiger charge is -2.28. The molecule has 4 heteroatoms. The molecule has 1 aromatic carbocycles. The van der Waals surface area contributed by atoms with Gasteiger partial charge < -0.3 is 5.11 Å². The minimum Gasteiger partial charge on any atom is -0.480 e. The maximum Gasteiger partial charge on any atom is 0.320 e. The maximum atomic E-state index is 11.3. The molecule has 2 aliphatic rings. The van der Waals surface area contributed by atoms with Crippen molar-refractivity contribution in [2.24, 2.45) is 0 Å². The van der Waals surface area contributed by atoms with Crippen LogP contribution in [0.1, 0.15) is 36.4 Å². The topological polar surface area (TPSA) is 40.5 Å². The molecule has 1 aliphatic carbocycles. The van der Waals surface area contributed by atoms with E-state index in [-0.39, 0.29) is 6.04 Å². The Morgan fingerprint density at radius 2 is 2.22 bits per heavy atom. The van der Waals surface area contributed by atoms with Gasteiger partial charge in [-0.05, 0) is 49.4 Å². The third-order valence-electron chi connectivity index (χ3n) is 4.16. The second kappa shape index (κ2) is 4.67. The number of benzene rings is 1. The molecule has 96 valence electrons. The standard InChI is InChI=1S/C14H16BrNO2/c15-11-4-1-3-10-9(11)6-7-12(10)16-8-2-5-13(16)14(17)18/h1,3-4,12-13H,2,5-8H2,(H,17,18). The molecule has 1 saturated heterocycles. The van der Waals surface area contributed by atoms with Gasteiger partial charge in [0, 0.05) is 10.5 Å². The number of rotatable bonds is 2. The van der Waals surface area contributed by atoms with Crippen LogP contribution < -0.4 is 0 Å². The van der Waals surface area contributed by atoms with E-state index < -0.39 is 5.97 Å². The maximum absolute atomic E-state index is 11.3. The van der Waals surface area contributed by atoms with Gasteiger partial charge in [0.25, 0.3) is 0 Å². The number of nitrogens with zero attached hydrogens (tertiary/aromatic N) is 1. The van der Waals surface area contributed by atoms with E-state index in [9.17, 15) is 9.90 Å². The Morgan fingerprint density at radius 3 is 3.00 bits per heavy atom. The van der Waals surface area contributed by atoms with E-state index in [1.807, 2.05) is 6.07 Å². The van der Waals surface area contributed by atoms with Crippen LogP contribution in [0, 0.1) is 0 Å². The molecule has 3 nitrogen and oxygen atoms in total. The van der Waals surface area contributed by atoms with Crippen molar-refractivity contribution in [3.05, 3.63) is 33.8 Å². The van der Waals surface area contributed by atoms with Crippen LogP contribution in [-0.2, 0) is 11.2 Å². The van der Waals surface area contributed by atoms with Crippen molar-refractivity contribution < 1.29 is 9.90 Å². The highest BCUT2D eigenvalue weighted by atomic mass is 79.9. The highest BCUT2D eigenvalue weighted by Crippen LogP contribution is 2.41. The molecule has 0 aromatic heterocycles. The zero-order valence-electron chi connectivity index (χ0n) is 10.1. The largest absolute Gasteiger partial charge is 0.480 e. The normalized spacial score (nSPS) is 27.4. The molecule has 0 radical (unpaired) electrons. The number of hydrogen-bond acceptors (Lipinski definition) is 2. The van der Waals surface area contributed by atoms with Crippen molar-refractivity contribution in [2.75, 3.05) is 6.54 Å². The molecule has 0 amide bonds. The first-order valence-electron chi connectivity index (χ1n) is 6.44. The van der Waals surface area contributed by atoms with Crippen LogP contribution in [0.4, 0.5) is 0 Å². The second-order valence-corrected chi connectivity index (χ2v) is 5.95. The Balaban J connectivity index is 1.92. The minimum atomic E-state index is -0.670. The van der Waals surface area contributed by atoms with Crippen molar-refractivity contribution in [2.45, 2.75) is 37.8 Å².